The number of nitrogens with two attached hydrogens (primary N) is 2. The Bertz CT molecular complexity index is 575. The topological polar surface area (TPSA) is 95.2 Å². The average Bonchev–Trinajstić information content (AvgIpc) is 2.86. The van der Waals surface area contributed by atoms with Gasteiger partial charge in [0.1, 0.15) is 17.3 Å². The maximum atomic E-state index is 5.91. The monoisotopic (exact) mass is 260 g/mol. The zero-order chi connectivity index (χ0) is 13.2. The van der Waals surface area contributed by atoms with Crippen molar-refractivity contribution in [2.24, 2.45) is 0 Å². The van der Waals surface area contributed by atoms with Gasteiger partial charge in [-0.2, -0.15) is 5.10 Å². The molecular weight excluding hydrogens is 244 g/mol. The summed E-state index contributed by atoms with van der Waals surface area (Å²) in [4.78, 5) is 6.44. The average molecular weight is 260 g/mol. The molecule has 0 bridgehead atoms. The highest BCUT2D eigenvalue weighted by Gasteiger charge is 2.15. The lowest BCUT2D eigenvalue weighted by Gasteiger charge is -2.29. The van der Waals surface area contributed by atoms with E-state index in [9.17, 15) is 0 Å². The number of nitrogen functional groups attached to an aromatic ring is 2. The van der Waals surface area contributed by atoms with Crippen molar-refractivity contribution in [3.8, 4) is 5.69 Å². The van der Waals surface area contributed by atoms with Gasteiger partial charge >= 0.3 is 0 Å². The van der Waals surface area contributed by atoms with Crippen molar-refractivity contribution in [2.75, 3.05) is 42.7 Å². The van der Waals surface area contributed by atoms with Crippen LogP contribution in [0.25, 0.3) is 5.69 Å². The minimum atomic E-state index is 0.410. The van der Waals surface area contributed by atoms with E-state index in [-0.39, 0.29) is 0 Å². The van der Waals surface area contributed by atoms with Gasteiger partial charge in [-0.05, 0) is 6.07 Å². The van der Waals surface area contributed by atoms with Crippen LogP contribution in [0.15, 0.2) is 24.5 Å². The molecule has 19 heavy (non-hydrogen) atoms. The Balaban J connectivity index is 1.98. The zero-order valence-corrected chi connectivity index (χ0v) is 10.5. The summed E-state index contributed by atoms with van der Waals surface area (Å²) in [5.41, 5.74) is 13.5. The van der Waals surface area contributed by atoms with E-state index < -0.39 is 0 Å². The van der Waals surface area contributed by atoms with Crippen LogP contribution in [0.4, 0.5) is 17.3 Å². The number of nitrogens with zero attached hydrogens (tertiary/aromatic N) is 4. The molecule has 3 rings (SSSR count). The first kappa shape index (κ1) is 11.8. The lowest BCUT2D eigenvalue weighted by Crippen LogP contribution is -2.36. The molecule has 7 heteroatoms. The van der Waals surface area contributed by atoms with E-state index in [1.165, 1.54) is 0 Å². The standard InChI is InChI=1S/C12H16N6O/c13-11-1-2-16-18(11)10-7-9(8-15-12(10)14)17-3-5-19-6-4-17/h1-2,7-8H,3-6,13H2,(H2,14,15). The summed E-state index contributed by atoms with van der Waals surface area (Å²) in [6, 6.07) is 3.68. The largest absolute Gasteiger partial charge is 0.384 e. The summed E-state index contributed by atoms with van der Waals surface area (Å²) in [7, 11) is 0. The normalized spacial score (nSPS) is 15.7. The van der Waals surface area contributed by atoms with Gasteiger partial charge in [0.25, 0.3) is 0 Å². The fourth-order valence-corrected chi connectivity index (χ4v) is 2.13. The summed E-state index contributed by atoms with van der Waals surface area (Å²) in [6.07, 6.45) is 3.40. The first-order valence-corrected chi connectivity index (χ1v) is 6.14. The number of pyridine rings is 1. The van der Waals surface area contributed by atoms with Gasteiger partial charge in [0.05, 0.1) is 31.3 Å². The summed E-state index contributed by atoms with van der Waals surface area (Å²) in [5, 5.41) is 4.16. The molecule has 1 saturated heterocycles. The van der Waals surface area contributed by atoms with Gasteiger partial charge in [0.2, 0.25) is 0 Å². The molecule has 0 aromatic carbocycles. The van der Waals surface area contributed by atoms with Crippen molar-refractivity contribution in [3.05, 3.63) is 24.5 Å². The van der Waals surface area contributed by atoms with Crippen LogP contribution in [0.5, 0.6) is 0 Å². The third-order valence-electron chi connectivity index (χ3n) is 3.16. The van der Waals surface area contributed by atoms with Crippen LogP contribution < -0.4 is 16.4 Å². The Morgan fingerprint density at radius 3 is 2.68 bits per heavy atom. The fraction of sp³-hybridized carbons (Fsp3) is 0.333. The van der Waals surface area contributed by atoms with E-state index in [4.69, 9.17) is 16.2 Å². The van der Waals surface area contributed by atoms with Crippen LogP contribution >= 0.6 is 0 Å². The molecule has 0 amide bonds. The lowest BCUT2D eigenvalue weighted by atomic mass is 10.3. The predicted molar refractivity (Wildman–Crippen MR) is 73.2 cm³/mol. The Morgan fingerprint density at radius 1 is 1.21 bits per heavy atom. The van der Waals surface area contributed by atoms with E-state index in [0.717, 1.165) is 32.0 Å². The fourth-order valence-electron chi connectivity index (χ4n) is 2.13. The molecule has 100 valence electrons. The SMILES string of the molecule is Nc1ncc(N2CCOCC2)cc1-n1nccc1N. The first-order chi connectivity index (χ1) is 9.25. The molecular formula is C12H16N6O. The van der Waals surface area contributed by atoms with E-state index in [0.29, 0.717) is 17.3 Å². The van der Waals surface area contributed by atoms with Crippen molar-refractivity contribution < 1.29 is 4.74 Å². The van der Waals surface area contributed by atoms with Crippen LogP contribution in [0.3, 0.4) is 0 Å². The lowest BCUT2D eigenvalue weighted by molar-refractivity contribution is 0.122. The molecule has 0 unspecified atom stereocenters. The summed E-state index contributed by atoms with van der Waals surface area (Å²) in [5.74, 6) is 0.944. The second-order valence-electron chi connectivity index (χ2n) is 4.37. The van der Waals surface area contributed by atoms with Crippen LogP contribution in [0.1, 0.15) is 0 Å². The van der Waals surface area contributed by atoms with Crippen molar-refractivity contribution in [1.29, 1.82) is 0 Å². The van der Waals surface area contributed by atoms with Gasteiger partial charge in [-0.1, -0.05) is 0 Å². The summed E-state index contributed by atoms with van der Waals surface area (Å²) in [6.45, 7) is 3.15. The smallest absolute Gasteiger partial charge is 0.149 e. The third-order valence-corrected chi connectivity index (χ3v) is 3.16. The van der Waals surface area contributed by atoms with Crippen molar-refractivity contribution >= 4 is 17.3 Å². The molecule has 4 N–H and O–H groups in total. The highest BCUT2D eigenvalue weighted by Crippen LogP contribution is 2.24. The van der Waals surface area contributed by atoms with Gasteiger partial charge < -0.3 is 21.1 Å². The quantitative estimate of drug-likeness (QED) is 0.804. The third kappa shape index (κ3) is 2.19. The van der Waals surface area contributed by atoms with Crippen LogP contribution in [-0.4, -0.2) is 41.1 Å². The Hall–Kier alpha value is -2.28. The molecule has 2 aromatic rings. The molecule has 0 saturated carbocycles. The molecule has 0 aliphatic carbocycles. The second kappa shape index (κ2) is 4.77. The van der Waals surface area contributed by atoms with Gasteiger partial charge in [-0.25, -0.2) is 9.67 Å². The minimum absolute atomic E-state index is 0.410. The van der Waals surface area contributed by atoms with Crippen LogP contribution in [-0.2, 0) is 4.74 Å². The highest BCUT2D eigenvalue weighted by molar-refractivity contribution is 5.62. The number of aromatic nitrogens is 3. The van der Waals surface area contributed by atoms with Crippen molar-refractivity contribution in [1.82, 2.24) is 14.8 Å². The number of ether oxygens (including phenoxy) is 1. The molecule has 1 aliphatic heterocycles. The van der Waals surface area contributed by atoms with E-state index in [2.05, 4.69) is 15.0 Å². The molecule has 1 aliphatic rings. The van der Waals surface area contributed by atoms with Gasteiger partial charge in [-0.15, -0.1) is 0 Å². The molecule has 7 nitrogen and oxygen atoms in total. The second-order valence-corrected chi connectivity index (χ2v) is 4.37. The Kier molecular flexibility index (Phi) is 2.96. The number of hydrogen-bond donors (Lipinski definition) is 2. The Morgan fingerprint density at radius 2 is 2.00 bits per heavy atom. The number of rotatable bonds is 2. The maximum absolute atomic E-state index is 5.91. The van der Waals surface area contributed by atoms with Crippen molar-refractivity contribution in [2.45, 2.75) is 0 Å². The molecule has 2 aromatic heterocycles. The molecule has 3 heterocycles. The molecule has 0 spiro atoms. The highest BCUT2D eigenvalue weighted by atomic mass is 16.5. The zero-order valence-electron chi connectivity index (χ0n) is 10.5. The molecule has 0 radical (unpaired) electrons. The van der Waals surface area contributed by atoms with Crippen LogP contribution in [0.2, 0.25) is 0 Å². The minimum Gasteiger partial charge on any atom is -0.384 e. The van der Waals surface area contributed by atoms with Crippen molar-refractivity contribution in [3.63, 3.8) is 0 Å². The van der Waals surface area contributed by atoms with Crippen LogP contribution in [0, 0.1) is 0 Å². The summed E-state index contributed by atoms with van der Waals surface area (Å²) >= 11 is 0. The number of anilines is 3. The first-order valence-electron chi connectivity index (χ1n) is 6.14. The van der Waals surface area contributed by atoms with Gasteiger partial charge in [-0.3, -0.25) is 0 Å². The Labute approximate surface area is 110 Å². The predicted octanol–water partition coefficient (Wildman–Crippen LogP) is 0.268. The van der Waals surface area contributed by atoms with Gasteiger partial charge in [0.15, 0.2) is 0 Å². The van der Waals surface area contributed by atoms with E-state index >= 15 is 0 Å². The van der Waals surface area contributed by atoms with E-state index in [1.54, 1.807) is 23.1 Å². The number of morpholine rings is 1. The summed E-state index contributed by atoms with van der Waals surface area (Å²) < 4.78 is 6.93. The molecule has 0 atom stereocenters. The van der Waals surface area contributed by atoms with E-state index in [1.807, 2.05) is 6.07 Å². The maximum Gasteiger partial charge on any atom is 0.149 e. The molecule has 1 fully saturated rings. The van der Waals surface area contributed by atoms with Gasteiger partial charge in [0, 0.05) is 19.2 Å². The number of hydrogen-bond acceptors (Lipinski definition) is 6.